The van der Waals surface area contributed by atoms with Gasteiger partial charge in [-0.3, -0.25) is 4.68 Å². The van der Waals surface area contributed by atoms with Crippen LogP contribution in [0.25, 0.3) is 0 Å². The van der Waals surface area contributed by atoms with E-state index in [2.05, 4.69) is 23.5 Å². The first-order valence-electron chi connectivity index (χ1n) is 6.16. The molecule has 16 heavy (non-hydrogen) atoms. The molecule has 1 aromatic heterocycles. The van der Waals surface area contributed by atoms with E-state index in [1.54, 1.807) is 0 Å². The molecular weight excluding hydrogens is 202 g/mol. The smallest absolute Gasteiger partial charge is 0.0699 e. The van der Waals surface area contributed by atoms with Crippen LogP contribution in [0.3, 0.4) is 0 Å². The molecule has 0 aromatic carbocycles. The highest BCUT2D eigenvalue weighted by molar-refractivity contribution is 4.99. The van der Waals surface area contributed by atoms with Crippen molar-refractivity contribution in [2.75, 3.05) is 19.7 Å². The van der Waals surface area contributed by atoms with Crippen LogP contribution in [0.4, 0.5) is 0 Å². The lowest BCUT2D eigenvalue weighted by molar-refractivity contribution is 0.0169. The van der Waals surface area contributed by atoms with Crippen molar-refractivity contribution >= 4 is 0 Å². The zero-order chi connectivity index (χ0) is 11.2. The van der Waals surface area contributed by atoms with Crippen LogP contribution in [0.2, 0.25) is 0 Å². The first kappa shape index (κ1) is 11.6. The minimum absolute atomic E-state index is 0.424. The summed E-state index contributed by atoms with van der Waals surface area (Å²) in [4.78, 5) is 0. The Morgan fingerprint density at radius 2 is 2.50 bits per heavy atom. The lowest BCUT2D eigenvalue weighted by Gasteiger charge is -2.22. The zero-order valence-electron chi connectivity index (χ0n) is 9.98. The fourth-order valence-electron chi connectivity index (χ4n) is 2.01. The van der Waals surface area contributed by atoms with Gasteiger partial charge in [-0.1, -0.05) is 0 Å². The van der Waals surface area contributed by atoms with Gasteiger partial charge in [0.15, 0.2) is 0 Å². The maximum atomic E-state index is 5.65. The van der Waals surface area contributed by atoms with E-state index < -0.39 is 0 Å². The number of rotatable bonds is 5. The van der Waals surface area contributed by atoms with E-state index in [0.29, 0.717) is 6.10 Å². The molecule has 1 aliphatic heterocycles. The summed E-state index contributed by atoms with van der Waals surface area (Å²) < 4.78 is 7.63. The molecule has 1 aliphatic rings. The topological polar surface area (TPSA) is 39.1 Å². The van der Waals surface area contributed by atoms with E-state index in [-0.39, 0.29) is 0 Å². The van der Waals surface area contributed by atoms with E-state index >= 15 is 0 Å². The molecule has 1 N–H and O–H groups in total. The van der Waals surface area contributed by atoms with Gasteiger partial charge in [0.05, 0.1) is 18.8 Å². The minimum Gasteiger partial charge on any atom is -0.377 e. The molecule has 1 fully saturated rings. The summed E-state index contributed by atoms with van der Waals surface area (Å²) in [7, 11) is 0. The van der Waals surface area contributed by atoms with Crippen molar-refractivity contribution in [1.82, 2.24) is 15.1 Å². The Morgan fingerprint density at radius 3 is 3.19 bits per heavy atom. The summed E-state index contributed by atoms with van der Waals surface area (Å²) in [6, 6.07) is 0. The van der Waals surface area contributed by atoms with Gasteiger partial charge in [-0.05, 0) is 31.7 Å². The SMILES string of the molecule is Cc1cnn(CCNCC2CCCCO2)c1. The fraction of sp³-hybridized carbons (Fsp3) is 0.750. The van der Waals surface area contributed by atoms with Gasteiger partial charge in [0.1, 0.15) is 0 Å². The van der Waals surface area contributed by atoms with Gasteiger partial charge in [0, 0.05) is 25.9 Å². The van der Waals surface area contributed by atoms with Gasteiger partial charge >= 0.3 is 0 Å². The number of hydrogen-bond donors (Lipinski definition) is 1. The largest absolute Gasteiger partial charge is 0.377 e. The lowest BCUT2D eigenvalue weighted by Crippen LogP contribution is -2.33. The molecule has 90 valence electrons. The molecule has 0 spiro atoms. The number of aromatic nitrogens is 2. The van der Waals surface area contributed by atoms with Crippen LogP contribution in [0.15, 0.2) is 12.4 Å². The van der Waals surface area contributed by atoms with E-state index in [0.717, 1.165) is 26.2 Å². The molecular formula is C12H21N3O. The number of nitrogens with zero attached hydrogens (tertiary/aromatic N) is 2. The zero-order valence-corrected chi connectivity index (χ0v) is 9.98. The standard InChI is InChI=1S/C12H21N3O/c1-11-8-14-15(10-11)6-5-13-9-12-4-2-3-7-16-12/h8,10,12-13H,2-7,9H2,1H3. The van der Waals surface area contributed by atoms with Crippen molar-refractivity contribution in [1.29, 1.82) is 0 Å². The third-order valence-electron chi connectivity index (χ3n) is 2.93. The Labute approximate surface area is 97.0 Å². The maximum absolute atomic E-state index is 5.65. The third-order valence-corrected chi connectivity index (χ3v) is 2.93. The van der Waals surface area contributed by atoms with Crippen molar-refractivity contribution in [3.8, 4) is 0 Å². The second-order valence-corrected chi connectivity index (χ2v) is 4.47. The summed E-state index contributed by atoms with van der Waals surface area (Å²) in [6.45, 7) is 5.86. The number of ether oxygens (including phenoxy) is 1. The molecule has 0 saturated carbocycles. The van der Waals surface area contributed by atoms with Crippen molar-refractivity contribution in [3.63, 3.8) is 0 Å². The Kier molecular flexibility index (Phi) is 4.36. The van der Waals surface area contributed by atoms with Gasteiger partial charge in [-0.15, -0.1) is 0 Å². The first-order valence-corrected chi connectivity index (χ1v) is 6.16. The number of aryl methyl sites for hydroxylation is 1. The highest BCUT2D eigenvalue weighted by atomic mass is 16.5. The predicted molar refractivity (Wildman–Crippen MR) is 63.4 cm³/mol. The monoisotopic (exact) mass is 223 g/mol. The van der Waals surface area contributed by atoms with Crippen molar-refractivity contribution in [2.45, 2.75) is 38.8 Å². The Hall–Kier alpha value is -0.870. The Morgan fingerprint density at radius 1 is 1.56 bits per heavy atom. The molecule has 0 bridgehead atoms. The van der Waals surface area contributed by atoms with Crippen molar-refractivity contribution < 1.29 is 4.74 Å². The normalized spacial score (nSPS) is 21.2. The summed E-state index contributed by atoms with van der Waals surface area (Å²) in [5, 5.41) is 7.67. The summed E-state index contributed by atoms with van der Waals surface area (Å²) in [6.07, 6.45) is 8.12. The molecule has 0 amide bonds. The fourth-order valence-corrected chi connectivity index (χ4v) is 2.01. The molecule has 0 radical (unpaired) electrons. The van der Waals surface area contributed by atoms with Gasteiger partial charge in [0.25, 0.3) is 0 Å². The minimum atomic E-state index is 0.424. The maximum Gasteiger partial charge on any atom is 0.0699 e. The molecule has 2 rings (SSSR count). The quantitative estimate of drug-likeness (QED) is 0.766. The Balaban J connectivity index is 1.57. The van der Waals surface area contributed by atoms with Crippen molar-refractivity contribution in [3.05, 3.63) is 18.0 Å². The molecule has 2 heterocycles. The van der Waals surface area contributed by atoms with Gasteiger partial charge in [0.2, 0.25) is 0 Å². The van der Waals surface area contributed by atoms with Crippen LogP contribution in [-0.2, 0) is 11.3 Å². The highest BCUT2D eigenvalue weighted by Crippen LogP contribution is 2.11. The van der Waals surface area contributed by atoms with Crippen LogP contribution in [0.5, 0.6) is 0 Å². The molecule has 1 saturated heterocycles. The summed E-state index contributed by atoms with van der Waals surface area (Å²) >= 11 is 0. The van der Waals surface area contributed by atoms with Crippen molar-refractivity contribution in [2.24, 2.45) is 0 Å². The molecule has 1 unspecified atom stereocenters. The predicted octanol–water partition coefficient (Wildman–Crippen LogP) is 1.35. The van der Waals surface area contributed by atoms with Gasteiger partial charge in [-0.25, -0.2) is 0 Å². The second kappa shape index (κ2) is 6.01. The van der Waals surface area contributed by atoms with Crippen LogP contribution in [0, 0.1) is 6.92 Å². The highest BCUT2D eigenvalue weighted by Gasteiger charge is 2.12. The third kappa shape index (κ3) is 3.61. The van der Waals surface area contributed by atoms with Gasteiger partial charge < -0.3 is 10.1 Å². The number of hydrogen-bond acceptors (Lipinski definition) is 3. The molecule has 4 heteroatoms. The lowest BCUT2D eigenvalue weighted by atomic mass is 10.1. The van der Waals surface area contributed by atoms with E-state index in [1.165, 1.54) is 24.8 Å². The van der Waals surface area contributed by atoms with Crippen LogP contribution >= 0.6 is 0 Å². The Bertz CT molecular complexity index is 305. The van der Waals surface area contributed by atoms with E-state index in [4.69, 9.17) is 4.74 Å². The summed E-state index contributed by atoms with van der Waals surface area (Å²) in [5.74, 6) is 0. The van der Waals surface area contributed by atoms with Crippen LogP contribution < -0.4 is 5.32 Å². The summed E-state index contributed by atoms with van der Waals surface area (Å²) in [5.41, 5.74) is 1.22. The van der Waals surface area contributed by atoms with E-state index in [1.807, 2.05) is 10.9 Å². The average Bonchev–Trinajstić information content (AvgIpc) is 2.72. The van der Waals surface area contributed by atoms with Crippen LogP contribution in [0.1, 0.15) is 24.8 Å². The number of nitrogens with one attached hydrogen (secondary N) is 1. The molecule has 0 aliphatic carbocycles. The first-order chi connectivity index (χ1) is 7.84. The molecule has 4 nitrogen and oxygen atoms in total. The van der Waals surface area contributed by atoms with Gasteiger partial charge in [-0.2, -0.15) is 5.10 Å². The van der Waals surface area contributed by atoms with Crippen LogP contribution in [-0.4, -0.2) is 35.6 Å². The molecule has 1 aromatic rings. The van der Waals surface area contributed by atoms with E-state index in [9.17, 15) is 0 Å². The molecule has 1 atom stereocenters. The average molecular weight is 223 g/mol. The second-order valence-electron chi connectivity index (χ2n) is 4.47.